The average Bonchev–Trinajstić information content (AvgIpc) is 2.56. The Hall–Kier alpha value is -1.31. The number of hydrogen-bond acceptors (Lipinski definition) is 0. The molecule has 2 aromatic carbocycles. The summed E-state index contributed by atoms with van der Waals surface area (Å²) in [5.74, 6) is 0. The van der Waals surface area contributed by atoms with Crippen LogP contribution in [-0.4, -0.2) is 7.38 Å². The first-order chi connectivity index (χ1) is 9.82. The second-order valence-electron chi connectivity index (χ2n) is 5.37. The van der Waals surface area contributed by atoms with Crippen molar-refractivity contribution in [1.29, 1.82) is 0 Å². The van der Waals surface area contributed by atoms with Gasteiger partial charge in [-0.2, -0.15) is 0 Å². The van der Waals surface area contributed by atoms with E-state index in [9.17, 15) is 0 Å². The van der Waals surface area contributed by atoms with Gasteiger partial charge >= 0.3 is 0 Å². The molecule has 2 heteroatoms. The van der Waals surface area contributed by atoms with Crippen LogP contribution >= 0.6 is 11.1 Å². The second kappa shape index (κ2) is 5.98. The first kappa shape index (κ1) is 13.7. The molecule has 3 rings (SSSR count). The Bertz CT molecular complexity index is 550. The highest BCUT2D eigenvalue weighted by Crippen LogP contribution is 2.29. The van der Waals surface area contributed by atoms with E-state index in [4.69, 9.17) is 11.1 Å². The van der Waals surface area contributed by atoms with Crippen molar-refractivity contribution >= 4 is 28.8 Å². The third-order valence-corrected chi connectivity index (χ3v) is 9.71. The molecule has 0 bridgehead atoms. The van der Waals surface area contributed by atoms with Crippen LogP contribution in [-0.2, 0) is 0 Å². The zero-order chi connectivity index (χ0) is 13.8. The predicted molar refractivity (Wildman–Crippen MR) is 90.3 cm³/mol. The topological polar surface area (TPSA) is 0 Å². The summed E-state index contributed by atoms with van der Waals surface area (Å²) in [4.78, 5) is 0. The fourth-order valence-corrected chi connectivity index (χ4v) is 7.62. The minimum absolute atomic E-state index is 1.15. The number of halogens is 1. The normalized spacial score (nSPS) is 15.8. The van der Waals surface area contributed by atoms with Crippen molar-refractivity contribution in [1.82, 2.24) is 0 Å². The van der Waals surface area contributed by atoms with Gasteiger partial charge in [0.05, 0.1) is 0 Å². The van der Waals surface area contributed by atoms with Gasteiger partial charge in [0.15, 0.2) is 0 Å². The van der Waals surface area contributed by atoms with Crippen LogP contribution in [0.25, 0.3) is 0 Å². The van der Waals surface area contributed by atoms with Gasteiger partial charge in [0.25, 0.3) is 0 Å². The van der Waals surface area contributed by atoms with Crippen molar-refractivity contribution in [3.8, 4) is 0 Å². The lowest BCUT2D eigenvalue weighted by Gasteiger charge is -2.30. The van der Waals surface area contributed by atoms with Crippen molar-refractivity contribution < 1.29 is 0 Å². The minimum atomic E-state index is -2.27. The molecule has 1 aliphatic carbocycles. The zero-order valence-corrected chi connectivity index (χ0v) is 13.3. The molecule has 0 radical (unpaired) electrons. The number of benzene rings is 2. The predicted octanol–water partition coefficient (Wildman–Crippen LogP) is 4.02. The van der Waals surface area contributed by atoms with Gasteiger partial charge in [-0.3, -0.25) is 0 Å². The largest absolute Gasteiger partial charge is 0.243 e. The molecule has 0 fully saturated rings. The molecule has 0 saturated carbocycles. The van der Waals surface area contributed by atoms with Gasteiger partial charge < -0.3 is 0 Å². The monoisotopic (exact) mass is 298 g/mol. The lowest BCUT2D eigenvalue weighted by atomic mass is 10.1. The summed E-state index contributed by atoms with van der Waals surface area (Å²) in [7, 11) is -2.27. The Morgan fingerprint density at radius 3 is 1.75 bits per heavy atom. The van der Waals surface area contributed by atoms with E-state index in [0.29, 0.717) is 0 Å². The molecule has 0 nitrogen and oxygen atoms in total. The fourth-order valence-electron chi connectivity index (χ4n) is 3.02. The third-order valence-electron chi connectivity index (χ3n) is 4.08. The molecule has 102 valence electrons. The molecule has 0 aromatic heterocycles. The number of rotatable bonds is 3. The van der Waals surface area contributed by atoms with Gasteiger partial charge in [-0.25, -0.2) is 0 Å². The Morgan fingerprint density at radius 2 is 1.30 bits per heavy atom. The van der Waals surface area contributed by atoms with Gasteiger partial charge in [-0.15, -0.1) is 11.1 Å². The molecule has 1 aliphatic rings. The maximum atomic E-state index is 7.34. The summed E-state index contributed by atoms with van der Waals surface area (Å²) in [6.45, 7) is 0. The Labute approximate surface area is 126 Å². The van der Waals surface area contributed by atoms with Crippen LogP contribution < -0.4 is 10.4 Å². The van der Waals surface area contributed by atoms with Crippen molar-refractivity contribution in [3.63, 3.8) is 0 Å². The molecule has 20 heavy (non-hydrogen) atoms. The van der Waals surface area contributed by atoms with Crippen LogP contribution in [0.2, 0.25) is 0 Å². The van der Waals surface area contributed by atoms with Gasteiger partial charge in [0, 0.05) is 0 Å². The molecule has 0 amide bonds. The van der Waals surface area contributed by atoms with Gasteiger partial charge in [0.1, 0.15) is 0 Å². The first-order valence-electron chi connectivity index (χ1n) is 7.31. The molecule has 0 saturated heterocycles. The van der Waals surface area contributed by atoms with E-state index in [2.05, 4.69) is 66.7 Å². The van der Waals surface area contributed by atoms with E-state index in [-0.39, 0.29) is 0 Å². The molecule has 0 spiro atoms. The van der Waals surface area contributed by atoms with Crippen molar-refractivity contribution in [2.75, 3.05) is 0 Å². The lowest BCUT2D eigenvalue weighted by molar-refractivity contribution is 0.719. The molecule has 0 unspecified atom stereocenters. The minimum Gasteiger partial charge on any atom is -0.149 e. The number of hydrogen-bond donors (Lipinski definition) is 0. The van der Waals surface area contributed by atoms with Gasteiger partial charge in [-0.1, -0.05) is 71.9 Å². The maximum Gasteiger partial charge on any atom is 0.243 e. The summed E-state index contributed by atoms with van der Waals surface area (Å²) in [6.07, 6.45) is 7.31. The number of allylic oxidation sites excluding steroid dienone is 2. The van der Waals surface area contributed by atoms with Crippen molar-refractivity contribution in [2.24, 2.45) is 0 Å². The van der Waals surface area contributed by atoms with E-state index in [0.717, 1.165) is 6.42 Å². The highest BCUT2D eigenvalue weighted by molar-refractivity contribution is 7.37. The molecule has 0 atom stereocenters. The van der Waals surface area contributed by atoms with Crippen LogP contribution in [0.15, 0.2) is 71.9 Å². The summed E-state index contributed by atoms with van der Waals surface area (Å²) in [6, 6.07) is 21.3. The van der Waals surface area contributed by atoms with Crippen LogP contribution in [0, 0.1) is 0 Å². The van der Waals surface area contributed by atoms with Crippen molar-refractivity contribution in [2.45, 2.75) is 25.7 Å². The molecule has 0 heterocycles. The van der Waals surface area contributed by atoms with Crippen LogP contribution in [0.3, 0.4) is 0 Å². The quantitative estimate of drug-likeness (QED) is 0.593. The highest BCUT2D eigenvalue weighted by Gasteiger charge is 2.39. The summed E-state index contributed by atoms with van der Waals surface area (Å²) < 4.78 is 0. The molecular weight excluding hydrogens is 280 g/mol. The van der Waals surface area contributed by atoms with Crippen molar-refractivity contribution in [3.05, 3.63) is 71.9 Å². The second-order valence-corrected chi connectivity index (χ2v) is 10.2. The van der Waals surface area contributed by atoms with Crippen LogP contribution in [0.4, 0.5) is 0 Å². The first-order valence-corrected chi connectivity index (χ1v) is 10.3. The molecule has 0 N–H and O–H groups in total. The molecule has 2 aromatic rings. The summed E-state index contributed by atoms with van der Waals surface area (Å²) in [5.41, 5.74) is 0. The van der Waals surface area contributed by atoms with E-state index < -0.39 is 7.38 Å². The van der Waals surface area contributed by atoms with E-state index in [1.165, 1.54) is 34.8 Å². The Balaban J connectivity index is 2.15. The standard InChI is InChI=1S/C18H19ClSi/c19-20(16-10-4-1-5-11-16,17-12-6-2-7-13-17)18-14-8-3-9-15-18/h1-2,4-7,10-14H,3,8-9,15H2. The summed E-state index contributed by atoms with van der Waals surface area (Å²) in [5, 5.41) is 4.10. The van der Waals surface area contributed by atoms with E-state index >= 15 is 0 Å². The average molecular weight is 299 g/mol. The third kappa shape index (κ3) is 2.48. The maximum absolute atomic E-state index is 7.34. The fraction of sp³-hybridized carbons (Fsp3) is 0.222. The van der Waals surface area contributed by atoms with E-state index in [1.54, 1.807) is 0 Å². The van der Waals surface area contributed by atoms with Gasteiger partial charge in [-0.05, 0) is 36.1 Å². The van der Waals surface area contributed by atoms with E-state index in [1.807, 2.05) is 0 Å². The van der Waals surface area contributed by atoms with Gasteiger partial charge in [0.2, 0.25) is 7.38 Å². The smallest absolute Gasteiger partial charge is 0.149 e. The Kier molecular flexibility index (Phi) is 4.09. The van der Waals surface area contributed by atoms with Crippen LogP contribution in [0.1, 0.15) is 25.7 Å². The lowest BCUT2D eigenvalue weighted by Crippen LogP contribution is -2.55. The highest BCUT2D eigenvalue weighted by atomic mass is 35.6. The Morgan fingerprint density at radius 1 is 0.750 bits per heavy atom. The summed E-state index contributed by atoms with van der Waals surface area (Å²) >= 11 is 7.34. The zero-order valence-electron chi connectivity index (χ0n) is 11.6. The molecular formula is C18H19ClSi. The van der Waals surface area contributed by atoms with Crippen LogP contribution in [0.5, 0.6) is 0 Å². The molecule has 0 aliphatic heterocycles. The SMILES string of the molecule is Cl[Si](C1=CCCCC1)(c1ccccc1)c1ccccc1.